The zero-order valence-corrected chi connectivity index (χ0v) is 9.91. The van der Waals surface area contributed by atoms with Crippen LogP contribution in [0.15, 0.2) is 46.3 Å². The van der Waals surface area contributed by atoms with Crippen molar-refractivity contribution in [1.82, 2.24) is 10.2 Å². The van der Waals surface area contributed by atoms with E-state index in [0.717, 1.165) is 12.4 Å². The van der Waals surface area contributed by atoms with Crippen molar-refractivity contribution in [3.05, 3.63) is 46.9 Å². The van der Waals surface area contributed by atoms with Crippen LogP contribution >= 0.6 is 11.6 Å². The molecule has 2 rings (SSSR count). The third-order valence-electron chi connectivity index (χ3n) is 2.38. The Bertz CT molecular complexity index is 412. The Morgan fingerprint density at radius 2 is 2.12 bits per heavy atom. The average molecular weight is 236 g/mol. The highest BCUT2D eigenvalue weighted by Gasteiger charge is 2.11. The van der Waals surface area contributed by atoms with Crippen LogP contribution in [0.5, 0.6) is 0 Å². The van der Waals surface area contributed by atoms with Gasteiger partial charge < -0.3 is 10.2 Å². The Hall–Kier alpha value is -1.48. The zero-order chi connectivity index (χ0) is 11.4. The Kier molecular flexibility index (Phi) is 3.47. The van der Waals surface area contributed by atoms with Gasteiger partial charge in [0.15, 0.2) is 5.82 Å². The molecule has 1 aliphatic rings. The van der Waals surface area contributed by atoms with Crippen LogP contribution in [0.3, 0.4) is 0 Å². The van der Waals surface area contributed by atoms with Crippen molar-refractivity contribution in [3.8, 4) is 0 Å². The van der Waals surface area contributed by atoms with E-state index < -0.39 is 0 Å². The van der Waals surface area contributed by atoms with E-state index in [9.17, 15) is 0 Å². The minimum atomic E-state index is 0.612. The highest BCUT2D eigenvalue weighted by Crippen LogP contribution is 2.16. The summed E-state index contributed by atoms with van der Waals surface area (Å²) in [6.07, 6.45) is 1.82. The SMILES string of the molecule is CN(Cc1ccccc1)C1=C(Cl)NCC=N1. The number of hydrogen-bond acceptors (Lipinski definition) is 3. The Morgan fingerprint density at radius 1 is 1.38 bits per heavy atom. The van der Waals surface area contributed by atoms with Crippen molar-refractivity contribution >= 4 is 17.8 Å². The van der Waals surface area contributed by atoms with Crippen LogP contribution in [0.2, 0.25) is 0 Å². The highest BCUT2D eigenvalue weighted by atomic mass is 35.5. The lowest BCUT2D eigenvalue weighted by atomic mass is 10.2. The monoisotopic (exact) mass is 235 g/mol. The normalized spacial score (nSPS) is 14.9. The molecule has 0 aromatic heterocycles. The summed E-state index contributed by atoms with van der Waals surface area (Å²) >= 11 is 6.06. The van der Waals surface area contributed by atoms with Crippen LogP contribution in [0, 0.1) is 0 Å². The first-order valence-corrected chi connectivity index (χ1v) is 5.56. The molecule has 3 nitrogen and oxygen atoms in total. The second kappa shape index (κ2) is 5.03. The van der Waals surface area contributed by atoms with E-state index in [-0.39, 0.29) is 0 Å². The summed E-state index contributed by atoms with van der Waals surface area (Å²) in [7, 11) is 1.98. The molecule has 4 heteroatoms. The molecule has 16 heavy (non-hydrogen) atoms. The molecule has 0 radical (unpaired) electrons. The van der Waals surface area contributed by atoms with E-state index in [1.54, 1.807) is 0 Å². The molecule has 0 bridgehead atoms. The second-order valence-corrected chi connectivity index (χ2v) is 4.05. The van der Waals surface area contributed by atoms with Gasteiger partial charge in [0.1, 0.15) is 5.16 Å². The molecule has 0 saturated heterocycles. The lowest BCUT2D eigenvalue weighted by Gasteiger charge is -2.23. The molecule has 0 atom stereocenters. The fourth-order valence-corrected chi connectivity index (χ4v) is 1.87. The van der Waals surface area contributed by atoms with E-state index >= 15 is 0 Å². The quantitative estimate of drug-likeness (QED) is 0.814. The molecule has 1 aliphatic heterocycles. The molecular weight excluding hydrogens is 222 g/mol. The zero-order valence-electron chi connectivity index (χ0n) is 9.15. The predicted molar refractivity (Wildman–Crippen MR) is 67.3 cm³/mol. The second-order valence-electron chi connectivity index (χ2n) is 3.67. The summed E-state index contributed by atoms with van der Waals surface area (Å²) in [6.45, 7) is 1.49. The van der Waals surface area contributed by atoms with Gasteiger partial charge in [0.2, 0.25) is 0 Å². The Labute approximate surface area is 100 Å². The maximum Gasteiger partial charge on any atom is 0.163 e. The first kappa shape index (κ1) is 11.0. The molecule has 0 amide bonds. The van der Waals surface area contributed by atoms with Crippen LogP contribution in [0.4, 0.5) is 0 Å². The molecule has 84 valence electrons. The van der Waals surface area contributed by atoms with Gasteiger partial charge in [0, 0.05) is 19.8 Å². The predicted octanol–water partition coefficient (Wildman–Crippen LogP) is 2.16. The third-order valence-corrected chi connectivity index (χ3v) is 2.69. The minimum absolute atomic E-state index is 0.612. The van der Waals surface area contributed by atoms with Gasteiger partial charge >= 0.3 is 0 Å². The molecule has 0 unspecified atom stereocenters. The van der Waals surface area contributed by atoms with Crippen molar-refractivity contribution in [1.29, 1.82) is 0 Å². The van der Waals surface area contributed by atoms with Gasteiger partial charge in [-0.15, -0.1) is 0 Å². The lowest BCUT2D eigenvalue weighted by Crippen LogP contribution is -2.26. The third kappa shape index (κ3) is 2.55. The lowest BCUT2D eigenvalue weighted by molar-refractivity contribution is 0.401. The van der Waals surface area contributed by atoms with Crippen molar-refractivity contribution < 1.29 is 0 Å². The number of rotatable bonds is 3. The van der Waals surface area contributed by atoms with Crippen LogP contribution in [0.1, 0.15) is 5.56 Å². The van der Waals surface area contributed by atoms with Gasteiger partial charge in [-0.25, -0.2) is 4.99 Å². The maximum atomic E-state index is 6.06. The Morgan fingerprint density at radius 3 is 2.81 bits per heavy atom. The van der Waals surface area contributed by atoms with Crippen molar-refractivity contribution in [2.75, 3.05) is 13.6 Å². The summed E-state index contributed by atoms with van der Waals surface area (Å²) in [5.74, 6) is 0.789. The first-order valence-electron chi connectivity index (χ1n) is 5.18. The van der Waals surface area contributed by atoms with Crippen molar-refractivity contribution in [2.45, 2.75) is 6.54 Å². The van der Waals surface area contributed by atoms with Gasteiger partial charge in [-0.05, 0) is 5.56 Å². The molecule has 0 spiro atoms. The van der Waals surface area contributed by atoms with E-state index in [4.69, 9.17) is 11.6 Å². The van der Waals surface area contributed by atoms with Gasteiger partial charge in [0.25, 0.3) is 0 Å². The standard InChI is InChI=1S/C12H14ClN3/c1-16(9-10-5-3-2-4-6-10)12-11(13)14-7-8-15-12/h2-6,8,14H,7,9H2,1H3. The fourth-order valence-electron chi connectivity index (χ4n) is 1.60. The van der Waals surface area contributed by atoms with E-state index in [0.29, 0.717) is 11.7 Å². The average Bonchev–Trinajstić information content (AvgIpc) is 2.31. The van der Waals surface area contributed by atoms with Crippen molar-refractivity contribution in [3.63, 3.8) is 0 Å². The number of aliphatic imine (C=N–C) groups is 1. The minimum Gasteiger partial charge on any atom is -0.368 e. The highest BCUT2D eigenvalue weighted by molar-refractivity contribution is 6.29. The molecule has 0 fully saturated rings. The fraction of sp³-hybridized carbons (Fsp3) is 0.250. The van der Waals surface area contributed by atoms with Crippen LogP contribution in [-0.4, -0.2) is 24.7 Å². The van der Waals surface area contributed by atoms with Crippen LogP contribution < -0.4 is 5.32 Å². The Balaban J connectivity index is 2.09. The number of benzene rings is 1. The molecule has 1 heterocycles. The maximum absolute atomic E-state index is 6.06. The topological polar surface area (TPSA) is 27.6 Å². The smallest absolute Gasteiger partial charge is 0.163 e. The number of nitrogens with zero attached hydrogens (tertiary/aromatic N) is 2. The largest absolute Gasteiger partial charge is 0.368 e. The number of hydrogen-bond donors (Lipinski definition) is 1. The first-order chi connectivity index (χ1) is 7.77. The molecule has 0 saturated carbocycles. The summed E-state index contributed by atoms with van der Waals surface area (Å²) in [5, 5.41) is 3.66. The summed E-state index contributed by atoms with van der Waals surface area (Å²) in [6, 6.07) is 10.2. The number of nitrogens with one attached hydrogen (secondary N) is 1. The van der Waals surface area contributed by atoms with Crippen LogP contribution in [-0.2, 0) is 6.54 Å². The van der Waals surface area contributed by atoms with Crippen LogP contribution in [0.25, 0.3) is 0 Å². The summed E-state index contributed by atoms with van der Waals surface area (Å²) in [5.41, 5.74) is 1.24. The van der Waals surface area contributed by atoms with E-state index in [1.165, 1.54) is 5.56 Å². The molecular formula is C12H14ClN3. The summed E-state index contributed by atoms with van der Waals surface area (Å²) in [4.78, 5) is 6.32. The summed E-state index contributed by atoms with van der Waals surface area (Å²) < 4.78 is 0. The number of halogens is 1. The van der Waals surface area contributed by atoms with Gasteiger partial charge in [-0.2, -0.15) is 0 Å². The van der Waals surface area contributed by atoms with E-state index in [2.05, 4.69) is 22.4 Å². The van der Waals surface area contributed by atoms with Crippen molar-refractivity contribution in [2.24, 2.45) is 4.99 Å². The van der Waals surface area contributed by atoms with Gasteiger partial charge in [-0.1, -0.05) is 41.9 Å². The van der Waals surface area contributed by atoms with Gasteiger partial charge in [0.05, 0.1) is 6.54 Å². The molecule has 0 aliphatic carbocycles. The van der Waals surface area contributed by atoms with Gasteiger partial charge in [-0.3, -0.25) is 0 Å². The molecule has 1 aromatic carbocycles. The van der Waals surface area contributed by atoms with E-state index in [1.807, 2.05) is 36.4 Å². The molecule has 1 aromatic rings. The molecule has 1 N–H and O–H groups in total.